The van der Waals surface area contributed by atoms with Gasteiger partial charge in [-0.15, -0.1) is 0 Å². The van der Waals surface area contributed by atoms with Crippen LogP contribution in [0.4, 0.5) is 0 Å². The van der Waals surface area contributed by atoms with E-state index in [-0.39, 0.29) is 12.2 Å². The largest absolute Gasteiger partial charge is 0.478 e. The number of rotatable bonds is 4. The average Bonchev–Trinajstić information content (AvgIpc) is 2.19. The molecule has 2 N–H and O–H groups in total. The number of hydrogen-bond acceptors (Lipinski definition) is 3. The van der Waals surface area contributed by atoms with Gasteiger partial charge in [0.1, 0.15) is 0 Å². The lowest BCUT2D eigenvalue weighted by Crippen LogP contribution is -1.96. The molecule has 0 unspecified atom stereocenters. The third-order valence-corrected chi connectivity index (χ3v) is 1.61. The summed E-state index contributed by atoms with van der Waals surface area (Å²) in [4.78, 5) is 14.6. The molecule has 0 aromatic carbocycles. The SMILES string of the molecule is O=C(O)c1ccnc(C=CCCO)c1. The molecule has 1 rings (SSSR count). The van der Waals surface area contributed by atoms with Crippen LogP contribution in [0.25, 0.3) is 6.08 Å². The molecule has 0 atom stereocenters. The Hall–Kier alpha value is -1.68. The van der Waals surface area contributed by atoms with E-state index in [1.165, 1.54) is 18.3 Å². The van der Waals surface area contributed by atoms with Gasteiger partial charge in [-0.25, -0.2) is 4.79 Å². The fraction of sp³-hybridized carbons (Fsp3) is 0.200. The van der Waals surface area contributed by atoms with E-state index in [9.17, 15) is 4.79 Å². The van der Waals surface area contributed by atoms with Gasteiger partial charge in [-0.05, 0) is 24.6 Å². The lowest BCUT2D eigenvalue weighted by molar-refractivity contribution is 0.0696. The van der Waals surface area contributed by atoms with Gasteiger partial charge in [-0.3, -0.25) is 4.98 Å². The van der Waals surface area contributed by atoms with Crippen LogP contribution in [-0.4, -0.2) is 27.8 Å². The molecule has 0 aliphatic heterocycles. The molecule has 0 fully saturated rings. The molecule has 0 amide bonds. The predicted molar refractivity (Wildman–Crippen MR) is 51.9 cm³/mol. The monoisotopic (exact) mass is 193 g/mol. The normalized spacial score (nSPS) is 10.6. The third kappa shape index (κ3) is 2.99. The first-order valence-corrected chi connectivity index (χ1v) is 4.21. The highest BCUT2D eigenvalue weighted by Gasteiger charge is 2.01. The second-order valence-electron chi connectivity index (χ2n) is 2.69. The molecule has 74 valence electrons. The Morgan fingerprint density at radius 2 is 2.36 bits per heavy atom. The smallest absolute Gasteiger partial charge is 0.335 e. The topological polar surface area (TPSA) is 70.4 Å². The van der Waals surface area contributed by atoms with Crippen molar-refractivity contribution in [2.45, 2.75) is 6.42 Å². The predicted octanol–water partition coefficient (Wildman–Crippen LogP) is 1.18. The zero-order valence-corrected chi connectivity index (χ0v) is 7.55. The zero-order valence-electron chi connectivity index (χ0n) is 7.55. The van der Waals surface area contributed by atoms with Crippen molar-refractivity contribution in [2.24, 2.45) is 0 Å². The molecule has 0 radical (unpaired) electrons. The van der Waals surface area contributed by atoms with Gasteiger partial charge in [0.05, 0.1) is 11.3 Å². The number of aliphatic hydroxyl groups excluding tert-OH is 1. The summed E-state index contributed by atoms with van der Waals surface area (Å²) in [5, 5.41) is 17.2. The van der Waals surface area contributed by atoms with E-state index in [1.807, 2.05) is 0 Å². The molecule has 0 spiro atoms. The number of aromatic carboxylic acids is 1. The van der Waals surface area contributed by atoms with Crippen molar-refractivity contribution in [3.63, 3.8) is 0 Å². The lowest BCUT2D eigenvalue weighted by atomic mass is 10.2. The number of nitrogens with zero attached hydrogens (tertiary/aromatic N) is 1. The van der Waals surface area contributed by atoms with Gasteiger partial charge in [-0.1, -0.05) is 6.08 Å². The second-order valence-corrected chi connectivity index (χ2v) is 2.69. The molecule has 0 aliphatic carbocycles. The van der Waals surface area contributed by atoms with Crippen molar-refractivity contribution in [2.75, 3.05) is 6.61 Å². The molecule has 1 aromatic rings. The second kappa shape index (κ2) is 5.14. The van der Waals surface area contributed by atoms with Crippen molar-refractivity contribution in [3.05, 3.63) is 35.7 Å². The van der Waals surface area contributed by atoms with Crippen molar-refractivity contribution in [3.8, 4) is 0 Å². The maximum atomic E-state index is 10.6. The van der Waals surface area contributed by atoms with Gasteiger partial charge in [0.2, 0.25) is 0 Å². The Bertz CT molecular complexity index is 347. The van der Waals surface area contributed by atoms with Gasteiger partial charge >= 0.3 is 5.97 Å². The van der Waals surface area contributed by atoms with Crippen LogP contribution < -0.4 is 0 Å². The third-order valence-electron chi connectivity index (χ3n) is 1.61. The van der Waals surface area contributed by atoms with E-state index in [4.69, 9.17) is 10.2 Å². The quantitative estimate of drug-likeness (QED) is 0.753. The van der Waals surface area contributed by atoms with Crippen LogP contribution in [0.15, 0.2) is 24.4 Å². The number of hydrogen-bond donors (Lipinski definition) is 2. The fourth-order valence-corrected chi connectivity index (χ4v) is 0.951. The van der Waals surface area contributed by atoms with Crippen LogP contribution in [0.3, 0.4) is 0 Å². The molecular weight excluding hydrogens is 182 g/mol. The van der Waals surface area contributed by atoms with Crippen LogP contribution in [-0.2, 0) is 0 Å². The standard InChI is InChI=1S/C10H11NO3/c12-6-2-1-3-9-7-8(10(13)14)4-5-11-9/h1,3-5,7,12H,2,6H2,(H,13,14). The number of carboxylic acids is 1. The van der Waals surface area contributed by atoms with Crippen molar-refractivity contribution < 1.29 is 15.0 Å². The Morgan fingerprint density at radius 3 is 3.00 bits per heavy atom. The Kier molecular flexibility index (Phi) is 3.82. The summed E-state index contributed by atoms with van der Waals surface area (Å²) in [7, 11) is 0. The molecule has 4 nitrogen and oxygen atoms in total. The van der Waals surface area contributed by atoms with Gasteiger partial charge in [0.25, 0.3) is 0 Å². The molecule has 4 heteroatoms. The van der Waals surface area contributed by atoms with E-state index < -0.39 is 5.97 Å². The molecule has 0 saturated heterocycles. The minimum Gasteiger partial charge on any atom is -0.478 e. The minimum atomic E-state index is -0.968. The number of aliphatic hydroxyl groups is 1. The molecule has 0 saturated carbocycles. The van der Waals surface area contributed by atoms with Gasteiger partial charge in [0.15, 0.2) is 0 Å². The van der Waals surface area contributed by atoms with Crippen LogP contribution in [0.1, 0.15) is 22.5 Å². The number of carbonyl (C=O) groups is 1. The van der Waals surface area contributed by atoms with E-state index >= 15 is 0 Å². The van der Waals surface area contributed by atoms with E-state index in [2.05, 4.69) is 4.98 Å². The van der Waals surface area contributed by atoms with E-state index in [0.29, 0.717) is 12.1 Å². The summed E-state index contributed by atoms with van der Waals surface area (Å²) < 4.78 is 0. The zero-order chi connectivity index (χ0) is 10.4. The van der Waals surface area contributed by atoms with Gasteiger partial charge in [0, 0.05) is 12.8 Å². The summed E-state index contributed by atoms with van der Waals surface area (Å²) in [5.74, 6) is -0.968. The van der Waals surface area contributed by atoms with Crippen molar-refractivity contribution in [1.29, 1.82) is 0 Å². The molecule has 0 bridgehead atoms. The Morgan fingerprint density at radius 1 is 1.57 bits per heavy atom. The van der Waals surface area contributed by atoms with E-state index in [1.54, 1.807) is 12.2 Å². The summed E-state index contributed by atoms with van der Waals surface area (Å²) in [6.07, 6.45) is 5.41. The first-order valence-electron chi connectivity index (χ1n) is 4.21. The minimum absolute atomic E-state index is 0.0785. The average molecular weight is 193 g/mol. The van der Waals surface area contributed by atoms with Crippen molar-refractivity contribution in [1.82, 2.24) is 4.98 Å². The number of aromatic nitrogens is 1. The lowest BCUT2D eigenvalue weighted by Gasteiger charge is -1.95. The summed E-state index contributed by atoms with van der Waals surface area (Å²) in [5.41, 5.74) is 0.794. The molecule has 0 aliphatic rings. The van der Waals surface area contributed by atoms with Crippen LogP contribution in [0.2, 0.25) is 0 Å². The fourth-order valence-electron chi connectivity index (χ4n) is 0.951. The summed E-state index contributed by atoms with van der Waals surface area (Å²) in [6.45, 7) is 0.0785. The highest BCUT2D eigenvalue weighted by molar-refractivity contribution is 5.87. The van der Waals surface area contributed by atoms with E-state index in [0.717, 1.165) is 0 Å². The molecule has 14 heavy (non-hydrogen) atoms. The molecule has 1 heterocycles. The Balaban J connectivity index is 2.78. The first kappa shape index (κ1) is 10.4. The van der Waals surface area contributed by atoms with Crippen LogP contribution in [0, 0.1) is 0 Å². The Labute approximate surface area is 81.5 Å². The first-order chi connectivity index (χ1) is 6.74. The number of carboxylic acid groups (broad SMARTS) is 1. The van der Waals surface area contributed by atoms with Crippen LogP contribution in [0.5, 0.6) is 0 Å². The molecule has 1 aromatic heterocycles. The van der Waals surface area contributed by atoms with Crippen molar-refractivity contribution >= 4 is 12.0 Å². The summed E-state index contributed by atoms with van der Waals surface area (Å²) in [6, 6.07) is 2.92. The van der Waals surface area contributed by atoms with Crippen LogP contribution >= 0.6 is 0 Å². The highest BCUT2D eigenvalue weighted by atomic mass is 16.4. The van der Waals surface area contributed by atoms with Gasteiger partial charge < -0.3 is 10.2 Å². The molecular formula is C10H11NO3. The van der Waals surface area contributed by atoms with Gasteiger partial charge in [-0.2, -0.15) is 0 Å². The maximum Gasteiger partial charge on any atom is 0.335 e. The maximum absolute atomic E-state index is 10.6. The number of pyridine rings is 1. The highest BCUT2D eigenvalue weighted by Crippen LogP contribution is 2.03. The summed E-state index contributed by atoms with van der Waals surface area (Å²) >= 11 is 0.